The zero-order valence-electron chi connectivity index (χ0n) is 9.77. The number of anilines is 1. The van der Waals surface area contributed by atoms with Crippen molar-refractivity contribution in [1.29, 1.82) is 0 Å². The van der Waals surface area contributed by atoms with Crippen molar-refractivity contribution >= 4 is 5.69 Å². The highest BCUT2D eigenvalue weighted by atomic mass is 15.3. The highest BCUT2D eigenvalue weighted by molar-refractivity contribution is 5.39. The van der Waals surface area contributed by atoms with Crippen molar-refractivity contribution in [2.45, 2.75) is 26.8 Å². The van der Waals surface area contributed by atoms with Crippen molar-refractivity contribution in [3.05, 3.63) is 47.3 Å². The van der Waals surface area contributed by atoms with Gasteiger partial charge in [0.05, 0.1) is 5.69 Å². The minimum Gasteiger partial charge on any atom is -0.399 e. The third-order valence-electron chi connectivity index (χ3n) is 2.70. The fourth-order valence-electron chi connectivity index (χ4n) is 1.82. The van der Waals surface area contributed by atoms with Crippen LogP contribution in [0.25, 0.3) is 0 Å². The van der Waals surface area contributed by atoms with E-state index in [1.54, 1.807) is 0 Å². The molecule has 0 saturated heterocycles. The quantitative estimate of drug-likeness (QED) is 0.798. The van der Waals surface area contributed by atoms with Gasteiger partial charge in [-0.2, -0.15) is 5.10 Å². The van der Waals surface area contributed by atoms with Gasteiger partial charge in [0.2, 0.25) is 0 Å². The number of aromatic nitrogens is 2. The van der Waals surface area contributed by atoms with Crippen LogP contribution in [0.2, 0.25) is 0 Å². The van der Waals surface area contributed by atoms with Gasteiger partial charge in [0.15, 0.2) is 0 Å². The summed E-state index contributed by atoms with van der Waals surface area (Å²) < 4.78 is 2.05. The third kappa shape index (κ3) is 2.42. The third-order valence-corrected chi connectivity index (χ3v) is 2.70. The summed E-state index contributed by atoms with van der Waals surface area (Å²) in [5.41, 5.74) is 10.0. The molecule has 0 aliphatic rings. The number of hydrogen-bond acceptors (Lipinski definition) is 2. The van der Waals surface area contributed by atoms with E-state index < -0.39 is 0 Å². The smallest absolute Gasteiger partial charge is 0.0596 e. The number of aryl methyl sites for hydroxylation is 4. The number of rotatable bonds is 3. The molecule has 1 aromatic heterocycles. The first-order chi connectivity index (χ1) is 7.65. The Labute approximate surface area is 95.9 Å². The number of benzene rings is 1. The SMILES string of the molecule is Cc1cc(C)n(CCc2ccc(N)cc2)n1. The Morgan fingerprint density at radius 2 is 1.88 bits per heavy atom. The van der Waals surface area contributed by atoms with Crippen LogP contribution in [0.1, 0.15) is 17.0 Å². The minimum atomic E-state index is 0.815. The fraction of sp³-hybridized carbons (Fsp3) is 0.308. The van der Waals surface area contributed by atoms with Crippen LogP contribution in [0.5, 0.6) is 0 Å². The van der Waals surface area contributed by atoms with Crippen LogP contribution >= 0.6 is 0 Å². The second-order valence-corrected chi connectivity index (χ2v) is 4.14. The van der Waals surface area contributed by atoms with Gasteiger partial charge in [-0.15, -0.1) is 0 Å². The van der Waals surface area contributed by atoms with E-state index in [-0.39, 0.29) is 0 Å². The zero-order valence-corrected chi connectivity index (χ0v) is 9.77. The molecule has 3 nitrogen and oxygen atoms in total. The Morgan fingerprint density at radius 3 is 2.44 bits per heavy atom. The molecule has 2 N–H and O–H groups in total. The molecule has 0 amide bonds. The van der Waals surface area contributed by atoms with Crippen molar-refractivity contribution in [3.8, 4) is 0 Å². The van der Waals surface area contributed by atoms with Gasteiger partial charge in [0.1, 0.15) is 0 Å². The lowest BCUT2D eigenvalue weighted by atomic mass is 10.1. The van der Waals surface area contributed by atoms with Gasteiger partial charge in [-0.1, -0.05) is 12.1 Å². The van der Waals surface area contributed by atoms with Gasteiger partial charge in [0.25, 0.3) is 0 Å². The largest absolute Gasteiger partial charge is 0.399 e. The normalized spacial score (nSPS) is 10.6. The molecule has 0 spiro atoms. The van der Waals surface area contributed by atoms with Crippen molar-refractivity contribution < 1.29 is 0 Å². The van der Waals surface area contributed by atoms with Crippen LogP contribution < -0.4 is 5.73 Å². The van der Waals surface area contributed by atoms with Crippen LogP contribution in [0.4, 0.5) is 5.69 Å². The molecule has 0 unspecified atom stereocenters. The highest BCUT2D eigenvalue weighted by Crippen LogP contribution is 2.08. The van der Waals surface area contributed by atoms with Crippen LogP contribution in [0, 0.1) is 13.8 Å². The van der Waals surface area contributed by atoms with E-state index in [2.05, 4.69) is 30.2 Å². The maximum atomic E-state index is 5.64. The first kappa shape index (κ1) is 10.7. The molecule has 0 bridgehead atoms. The van der Waals surface area contributed by atoms with Gasteiger partial charge in [-0.05, 0) is 44.0 Å². The zero-order chi connectivity index (χ0) is 11.5. The molecule has 0 aliphatic heterocycles. The van der Waals surface area contributed by atoms with E-state index in [4.69, 9.17) is 5.73 Å². The van der Waals surface area contributed by atoms with Crippen LogP contribution in [0.15, 0.2) is 30.3 Å². The molecule has 3 heteroatoms. The summed E-state index contributed by atoms with van der Waals surface area (Å²) in [6, 6.07) is 10.1. The van der Waals surface area contributed by atoms with Crippen LogP contribution in [-0.4, -0.2) is 9.78 Å². The van der Waals surface area contributed by atoms with E-state index in [9.17, 15) is 0 Å². The van der Waals surface area contributed by atoms with E-state index in [1.807, 2.05) is 23.7 Å². The van der Waals surface area contributed by atoms with Crippen molar-refractivity contribution in [2.24, 2.45) is 0 Å². The molecule has 0 fully saturated rings. The molecule has 1 aromatic carbocycles. The predicted octanol–water partition coefficient (Wildman–Crippen LogP) is 2.32. The van der Waals surface area contributed by atoms with E-state index in [1.165, 1.54) is 11.3 Å². The summed E-state index contributed by atoms with van der Waals surface area (Å²) in [4.78, 5) is 0. The average molecular weight is 215 g/mol. The molecule has 84 valence electrons. The molecule has 0 atom stereocenters. The van der Waals surface area contributed by atoms with Gasteiger partial charge in [-0.3, -0.25) is 4.68 Å². The number of nitrogen functional groups attached to an aromatic ring is 1. The van der Waals surface area contributed by atoms with E-state index >= 15 is 0 Å². The Hall–Kier alpha value is -1.77. The van der Waals surface area contributed by atoms with Crippen molar-refractivity contribution in [3.63, 3.8) is 0 Å². The second kappa shape index (κ2) is 4.39. The second-order valence-electron chi connectivity index (χ2n) is 4.14. The Morgan fingerprint density at radius 1 is 1.19 bits per heavy atom. The lowest BCUT2D eigenvalue weighted by molar-refractivity contribution is 0.594. The molecule has 1 heterocycles. The summed E-state index contributed by atoms with van der Waals surface area (Å²) in [6.45, 7) is 5.03. The van der Waals surface area contributed by atoms with Gasteiger partial charge < -0.3 is 5.73 Å². The van der Waals surface area contributed by atoms with Gasteiger partial charge in [-0.25, -0.2) is 0 Å². The monoisotopic (exact) mass is 215 g/mol. The van der Waals surface area contributed by atoms with Crippen molar-refractivity contribution in [1.82, 2.24) is 9.78 Å². The predicted molar refractivity (Wildman–Crippen MR) is 66.3 cm³/mol. The molecule has 2 rings (SSSR count). The highest BCUT2D eigenvalue weighted by Gasteiger charge is 2.00. The van der Waals surface area contributed by atoms with Gasteiger partial charge in [0, 0.05) is 17.9 Å². The molecule has 0 aliphatic carbocycles. The Kier molecular flexibility index (Phi) is 2.95. The number of nitrogens with two attached hydrogens (primary N) is 1. The van der Waals surface area contributed by atoms with Gasteiger partial charge >= 0.3 is 0 Å². The summed E-state index contributed by atoms with van der Waals surface area (Å²) in [6.07, 6.45) is 0.988. The summed E-state index contributed by atoms with van der Waals surface area (Å²) in [7, 11) is 0. The number of nitrogens with zero attached hydrogens (tertiary/aromatic N) is 2. The lowest BCUT2D eigenvalue weighted by Gasteiger charge is -2.04. The first-order valence-electron chi connectivity index (χ1n) is 5.50. The summed E-state index contributed by atoms with van der Waals surface area (Å²) in [5.74, 6) is 0. The average Bonchev–Trinajstić information content (AvgIpc) is 2.57. The molecular formula is C13H17N3. The number of hydrogen-bond donors (Lipinski definition) is 1. The standard InChI is InChI=1S/C13H17N3/c1-10-9-11(2)16(15-10)8-7-12-3-5-13(14)6-4-12/h3-6,9H,7-8,14H2,1-2H3. The van der Waals surface area contributed by atoms with Crippen LogP contribution in [-0.2, 0) is 13.0 Å². The maximum Gasteiger partial charge on any atom is 0.0596 e. The van der Waals surface area contributed by atoms with E-state index in [0.717, 1.165) is 24.3 Å². The molecule has 0 saturated carbocycles. The Balaban J connectivity index is 2.02. The molecule has 16 heavy (non-hydrogen) atoms. The molecule has 2 aromatic rings. The first-order valence-corrected chi connectivity index (χ1v) is 5.50. The summed E-state index contributed by atoms with van der Waals surface area (Å²) >= 11 is 0. The molecular weight excluding hydrogens is 198 g/mol. The van der Waals surface area contributed by atoms with Crippen molar-refractivity contribution in [2.75, 3.05) is 5.73 Å². The van der Waals surface area contributed by atoms with Crippen LogP contribution in [0.3, 0.4) is 0 Å². The maximum absolute atomic E-state index is 5.64. The summed E-state index contributed by atoms with van der Waals surface area (Å²) in [5, 5.41) is 4.43. The lowest BCUT2D eigenvalue weighted by Crippen LogP contribution is -2.05. The molecule has 0 radical (unpaired) electrons. The minimum absolute atomic E-state index is 0.815. The van der Waals surface area contributed by atoms with E-state index in [0.29, 0.717) is 0 Å². The fourth-order valence-corrected chi connectivity index (χ4v) is 1.82. The Bertz CT molecular complexity index is 468. The topological polar surface area (TPSA) is 43.8 Å².